The predicted molar refractivity (Wildman–Crippen MR) is 98.8 cm³/mol. The van der Waals surface area contributed by atoms with Crippen LogP contribution >= 0.6 is 0 Å². The molecule has 1 heterocycles. The maximum absolute atomic E-state index is 12.7. The van der Waals surface area contributed by atoms with Gasteiger partial charge in [-0.3, -0.25) is 9.59 Å². The molecule has 2 amide bonds. The van der Waals surface area contributed by atoms with Crippen LogP contribution in [0.15, 0.2) is 49.6 Å². The molecule has 1 aromatic heterocycles. The fourth-order valence-corrected chi connectivity index (χ4v) is 2.56. The van der Waals surface area contributed by atoms with Gasteiger partial charge in [0.2, 0.25) is 11.8 Å². The largest absolute Gasteiger partial charge is 0.349 e. The minimum atomic E-state index is -0.0510. The summed E-state index contributed by atoms with van der Waals surface area (Å²) in [5.74, 6) is 0.560. The minimum Gasteiger partial charge on any atom is -0.349 e. The van der Waals surface area contributed by atoms with Crippen LogP contribution in [0.2, 0.25) is 0 Å². The number of benzene rings is 1. The number of hydrogen-bond acceptors (Lipinski definition) is 3. The molecule has 0 unspecified atom stereocenters. The lowest BCUT2D eigenvalue weighted by atomic mass is 10.3. The Morgan fingerprint density at radius 1 is 1.24 bits per heavy atom. The highest BCUT2D eigenvalue weighted by Gasteiger charge is 2.17. The van der Waals surface area contributed by atoms with E-state index in [4.69, 9.17) is 0 Å². The lowest BCUT2D eigenvalue weighted by Crippen LogP contribution is -2.35. The van der Waals surface area contributed by atoms with Crippen molar-refractivity contribution in [2.75, 3.05) is 13.1 Å². The van der Waals surface area contributed by atoms with E-state index in [2.05, 4.69) is 23.5 Å². The molecule has 0 aliphatic rings. The number of aromatic nitrogens is 2. The Balaban J connectivity index is 2.30. The second kappa shape index (κ2) is 8.82. The first kappa shape index (κ1) is 18.4. The Morgan fingerprint density at radius 3 is 2.56 bits per heavy atom. The van der Waals surface area contributed by atoms with E-state index in [1.807, 2.05) is 28.8 Å². The number of nitrogens with one attached hydrogen (secondary N) is 1. The number of amides is 2. The first-order valence-corrected chi connectivity index (χ1v) is 8.31. The van der Waals surface area contributed by atoms with E-state index in [0.717, 1.165) is 11.0 Å². The number of nitrogens with zero attached hydrogens (tertiary/aromatic N) is 3. The molecule has 2 aromatic rings. The standard InChI is InChI=1S/C19H24N4O2/c1-4-11-22(12-5-2)19(25)14-23-16-10-8-7-9-15(16)21-17(23)13-20-18(24)6-3/h4-5,7-10H,1-2,6,11-14H2,3H3,(H,20,24). The zero-order valence-electron chi connectivity index (χ0n) is 14.6. The van der Waals surface area contributed by atoms with Gasteiger partial charge in [0, 0.05) is 19.5 Å². The smallest absolute Gasteiger partial charge is 0.243 e. The van der Waals surface area contributed by atoms with E-state index in [9.17, 15) is 9.59 Å². The highest BCUT2D eigenvalue weighted by atomic mass is 16.2. The summed E-state index contributed by atoms with van der Waals surface area (Å²) in [6.07, 6.45) is 3.79. The molecule has 0 saturated carbocycles. The molecule has 6 heteroatoms. The topological polar surface area (TPSA) is 67.2 Å². The maximum atomic E-state index is 12.7. The third-order valence-corrected chi connectivity index (χ3v) is 3.84. The van der Waals surface area contributed by atoms with Gasteiger partial charge in [0.25, 0.3) is 0 Å². The van der Waals surface area contributed by atoms with Gasteiger partial charge in [-0.25, -0.2) is 4.98 Å². The second-order valence-corrected chi connectivity index (χ2v) is 5.61. The van der Waals surface area contributed by atoms with Crippen LogP contribution in [0.4, 0.5) is 0 Å². The first-order chi connectivity index (χ1) is 12.1. The molecule has 0 saturated heterocycles. The van der Waals surface area contributed by atoms with E-state index >= 15 is 0 Å². The molecule has 0 aliphatic heterocycles. The molecule has 0 radical (unpaired) electrons. The van der Waals surface area contributed by atoms with Gasteiger partial charge in [-0.05, 0) is 12.1 Å². The molecule has 1 N–H and O–H groups in total. The Bertz CT molecular complexity index is 769. The number of rotatable bonds is 9. The monoisotopic (exact) mass is 340 g/mol. The van der Waals surface area contributed by atoms with Crippen LogP contribution in [0.3, 0.4) is 0 Å². The van der Waals surface area contributed by atoms with Gasteiger partial charge in [0.1, 0.15) is 12.4 Å². The van der Waals surface area contributed by atoms with Gasteiger partial charge < -0.3 is 14.8 Å². The molecule has 132 valence electrons. The van der Waals surface area contributed by atoms with Crippen LogP contribution in [0.5, 0.6) is 0 Å². The molecule has 0 atom stereocenters. The van der Waals surface area contributed by atoms with E-state index in [0.29, 0.717) is 25.3 Å². The van der Waals surface area contributed by atoms with Crippen molar-refractivity contribution in [3.63, 3.8) is 0 Å². The summed E-state index contributed by atoms with van der Waals surface area (Å²) < 4.78 is 1.85. The van der Waals surface area contributed by atoms with E-state index in [1.165, 1.54) is 0 Å². The highest BCUT2D eigenvalue weighted by molar-refractivity contribution is 5.81. The first-order valence-electron chi connectivity index (χ1n) is 8.31. The van der Waals surface area contributed by atoms with Crippen LogP contribution in [-0.4, -0.2) is 39.4 Å². The van der Waals surface area contributed by atoms with E-state index in [1.54, 1.807) is 24.0 Å². The Hall–Kier alpha value is -2.89. The van der Waals surface area contributed by atoms with Gasteiger partial charge in [0.05, 0.1) is 17.6 Å². The average Bonchev–Trinajstić information content (AvgIpc) is 2.97. The number of fused-ring (bicyclic) bond motifs is 1. The lowest BCUT2D eigenvalue weighted by Gasteiger charge is -2.20. The van der Waals surface area contributed by atoms with Crippen molar-refractivity contribution in [1.29, 1.82) is 0 Å². The SMILES string of the molecule is C=CCN(CC=C)C(=O)Cn1c(CNC(=O)CC)nc2ccccc21. The van der Waals surface area contributed by atoms with Gasteiger partial charge in [-0.2, -0.15) is 0 Å². The summed E-state index contributed by atoms with van der Waals surface area (Å²) in [7, 11) is 0. The predicted octanol–water partition coefficient (Wildman–Crippen LogP) is 2.26. The summed E-state index contributed by atoms with van der Waals surface area (Å²) in [5, 5.41) is 2.82. The lowest BCUT2D eigenvalue weighted by molar-refractivity contribution is -0.130. The molecule has 1 aromatic carbocycles. The third kappa shape index (κ3) is 4.56. The molecule has 25 heavy (non-hydrogen) atoms. The van der Waals surface area contributed by atoms with Crippen molar-refractivity contribution < 1.29 is 9.59 Å². The summed E-state index contributed by atoms with van der Waals surface area (Å²) in [6, 6.07) is 7.63. The van der Waals surface area contributed by atoms with Crippen molar-refractivity contribution in [3.8, 4) is 0 Å². The van der Waals surface area contributed by atoms with Crippen molar-refractivity contribution in [1.82, 2.24) is 19.8 Å². The minimum absolute atomic E-state index is 0.0500. The quantitative estimate of drug-likeness (QED) is 0.712. The fraction of sp³-hybridized carbons (Fsp3) is 0.316. The van der Waals surface area contributed by atoms with Gasteiger partial charge >= 0.3 is 0 Å². The van der Waals surface area contributed by atoms with E-state index in [-0.39, 0.29) is 24.9 Å². The van der Waals surface area contributed by atoms with Gasteiger partial charge in [-0.1, -0.05) is 31.2 Å². The Kier molecular flexibility index (Phi) is 6.51. The molecule has 0 aliphatic carbocycles. The van der Waals surface area contributed by atoms with E-state index < -0.39 is 0 Å². The molecule has 0 spiro atoms. The maximum Gasteiger partial charge on any atom is 0.243 e. The molecular formula is C19H24N4O2. The molecule has 2 rings (SSSR count). The summed E-state index contributed by atoms with van der Waals surface area (Å²) in [5.41, 5.74) is 1.67. The number of hydrogen-bond donors (Lipinski definition) is 1. The van der Waals surface area contributed by atoms with Crippen molar-refractivity contribution in [3.05, 3.63) is 55.4 Å². The molecule has 0 bridgehead atoms. The van der Waals surface area contributed by atoms with Gasteiger partial charge in [-0.15, -0.1) is 13.2 Å². The Labute approximate surface area is 147 Å². The van der Waals surface area contributed by atoms with Crippen LogP contribution in [0, 0.1) is 0 Å². The van der Waals surface area contributed by atoms with Crippen LogP contribution in [0.1, 0.15) is 19.2 Å². The third-order valence-electron chi connectivity index (χ3n) is 3.84. The average molecular weight is 340 g/mol. The normalized spacial score (nSPS) is 10.4. The summed E-state index contributed by atoms with van der Waals surface area (Å²) in [6.45, 7) is 10.5. The van der Waals surface area contributed by atoms with Crippen molar-refractivity contribution >= 4 is 22.8 Å². The second-order valence-electron chi connectivity index (χ2n) is 5.61. The zero-order chi connectivity index (χ0) is 18.2. The zero-order valence-corrected chi connectivity index (χ0v) is 14.6. The Morgan fingerprint density at radius 2 is 1.92 bits per heavy atom. The van der Waals surface area contributed by atoms with Crippen molar-refractivity contribution in [2.45, 2.75) is 26.4 Å². The van der Waals surface area contributed by atoms with Crippen LogP contribution < -0.4 is 5.32 Å². The molecule has 0 fully saturated rings. The summed E-state index contributed by atoms with van der Waals surface area (Å²) in [4.78, 5) is 30.5. The van der Waals surface area contributed by atoms with Crippen molar-refractivity contribution in [2.24, 2.45) is 0 Å². The number of imidazole rings is 1. The van der Waals surface area contributed by atoms with Gasteiger partial charge in [0.15, 0.2) is 0 Å². The molecule has 6 nitrogen and oxygen atoms in total. The molecular weight excluding hydrogens is 316 g/mol. The number of para-hydroxylation sites is 2. The van der Waals surface area contributed by atoms with Crippen LogP contribution in [0.25, 0.3) is 11.0 Å². The van der Waals surface area contributed by atoms with Crippen LogP contribution in [-0.2, 0) is 22.7 Å². The highest BCUT2D eigenvalue weighted by Crippen LogP contribution is 2.16. The summed E-state index contributed by atoms with van der Waals surface area (Å²) >= 11 is 0. The fourth-order valence-electron chi connectivity index (χ4n) is 2.56. The number of carbonyl (C=O) groups excluding carboxylic acids is 2. The number of carbonyl (C=O) groups is 2.